The predicted molar refractivity (Wildman–Crippen MR) is 172 cm³/mol. The highest BCUT2D eigenvalue weighted by molar-refractivity contribution is 5.98. The fraction of sp³-hybridized carbons (Fsp3) is 0.514. The summed E-state index contributed by atoms with van der Waals surface area (Å²) in [6.45, 7) is 10.6. The van der Waals surface area contributed by atoms with Crippen molar-refractivity contribution < 1.29 is 19.1 Å². The van der Waals surface area contributed by atoms with Crippen molar-refractivity contribution in [2.24, 2.45) is 0 Å². The smallest absolute Gasteiger partial charge is 0.410 e. The van der Waals surface area contributed by atoms with Crippen molar-refractivity contribution in [3.63, 3.8) is 0 Å². The standard InChI is InChI=1S/C35H47N5O4/c1-35(2,3)44-34(42)38-20-21-39(30(25-38)23-27-13-7-5-8-14-27)33(41)31-32(28-15-9-6-10-16-28)40(26-36-31)29-17-11-18-37(24-29)19-12-22-43-4/h5-10,13-16,26,29-30H,11-12,17-25H2,1-4H3/t29?,30-/m1/s1. The maximum Gasteiger partial charge on any atom is 0.410 e. The molecule has 0 aliphatic carbocycles. The summed E-state index contributed by atoms with van der Waals surface area (Å²) in [6, 6.07) is 20.3. The Balaban J connectivity index is 1.44. The molecule has 0 spiro atoms. The largest absolute Gasteiger partial charge is 0.444 e. The molecule has 0 bridgehead atoms. The minimum absolute atomic E-state index is 0.0971. The number of nitrogens with zero attached hydrogens (tertiary/aromatic N) is 5. The van der Waals surface area contributed by atoms with Crippen molar-refractivity contribution in [2.75, 3.05) is 53.0 Å². The van der Waals surface area contributed by atoms with Gasteiger partial charge in [0, 0.05) is 58.0 Å². The molecule has 2 aliphatic rings. The van der Waals surface area contributed by atoms with Gasteiger partial charge in [0.2, 0.25) is 0 Å². The average molecular weight is 602 g/mol. The Bertz CT molecular complexity index is 1370. The molecule has 236 valence electrons. The number of piperidine rings is 1. The molecule has 3 heterocycles. The Labute approximate surface area is 261 Å². The molecule has 0 N–H and O–H groups in total. The quantitative estimate of drug-likeness (QED) is 0.300. The van der Waals surface area contributed by atoms with E-state index >= 15 is 0 Å². The number of benzene rings is 2. The summed E-state index contributed by atoms with van der Waals surface area (Å²) >= 11 is 0. The first-order valence-electron chi connectivity index (χ1n) is 15.9. The van der Waals surface area contributed by atoms with Gasteiger partial charge in [-0.2, -0.15) is 0 Å². The zero-order valence-electron chi connectivity index (χ0n) is 26.7. The maximum atomic E-state index is 14.5. The summed E-state index contributed by atoms with van der Waals surface area (Å²) < 4.78 is 13.2. The van der Waals surface area contributed by atoms with E-state index in [0.29, 0.717) is 31.7 Å². The minimum atomic E-state index is -0.588. The van der Waals surface area contributed by atoms with Gasteiger partial charge >= 0.3 is 6.09 Å². The number of methoxy groups -OCH3 is 1. The molecular weight excluding hydrogens is 554 g/mol. The van der Waals surface area contributed by atoms with E-state index in [2.05, 4.69) is 33.7 Å². The molecule has 1 unspecified atom stereocenters. The number of amides is 2. The monoisotopic (exact) mass is 601 g/mol. The molecule has 5 rings (SSSR count). The van der Waals surface area contributed by atoms with Gasteiger partial charge in [0.05, 0.1) is 18.1 Å². The highest BCUT2D eigenvalue weighted by Crippen LogP contribution is 2.32. The number of likely N-dealkylation sites (tertiary alicyclic amines) is 1. The maximum absolute atomic E-state index is 14.5. The molecule has 3 aromatic rings. The Morgan fingerprint density at radius 3 is 2.39 bits per heavy atom. The molecule has 0 saturated carbocycles. The van der Waals surface area contributed by atoms with Crippen LogP contribution in [-0.2, 0) is 15.9 Å². The van der Waals surface area contributed by atoms with Crippen LogP contribution in [0, 0.1) is 0 Å². The number of rotatable bonds is 9. The van der Waals surface area contributed by atoms with Crippen LogP contribution in [0.3, 0.4) is 0 Å². The van der Waals surface area contributed by atoms with Crippen LogP contribution < -0.4 is 0 Å². The van der Waals surface area contributed by atoms with Gasteiger partial charge in [-0.15, -0.1) is 0 Å². The van der Waals surface area contributed by atoms with Crippen molar-refractivity contribution in [2.45, 2.75) is 64.1 Å². The fourth-order valence-corrected chi connectivity index (χ4v) is 6.38. The first kappa shape index (κ1) is 31.7. The number of carbonyl (C=O) groups excluding carboxylic acids is 2. The lowest BCUT2D eigenvalue weighted by atomic mass is 10.0. The van der Waals surface area contributed by atoms with Gasteiger partial charge in [0.15, 0.2) is 5.69 Å². The Morgan fingerprint density at radius 2 is 1.68 bits per heavy atom. The van der Waals surface area contributed by atoms with E-state index in [9.17, 15) is 9.59 Å². The van der Waals surface area contributed by atoms with E-state index < -0.39 is 5.60 Å². The molecule has 0 radical (unpaired) electrons. The molecule has 2 aromatic carbocycles. The van der Waals surface area contributed by atoms with Gasteiger partial charge < -0.3 is 28.7 Å². The number of ether oxygens (including phenoxy) is 2. The van der Waals surface area contributed by atoms with Crippen LogP contribution in [0.15, 0.2) is 67.0 Å². The van der Waals surface area contributed by atoms with Crippen LogP contribution in [0.25, 0.3) is 11.3 Å². The number of piperazine rings is 1. The molecule has 2 aliphatic heterocycles. The highest BCUT2D eigenvalue weighted by Gasteiger charge is 2.37. The second kappa shape index (κ2) is 14.4. The van der Waals surface area contributed by atoms with Crippen molar-refractivity contribution in [1.82, 2.24) is 24.3 Å². The number of carbonyl (C=O) groups is 2. The molecule has 2 amide bonds. The highest BCUT2D eigenvalue weighted by atomic mass is 16.6. The summed E-state index contributed by atoms with van der Waals surface area (Å²) in [5.41, 5.74) is 2.85. The topological polar surface area (TPSA) is 80.1 Å². The lowest BCUT2D eigenvalue weighted by Gasteiger charge is -2.41. The number of hydrogen-bond donors (Lipinski definition) is 0. The normalized spacial score (nSPS) is 19.6. The third-order valence-corrected chi connectivity index (χ3v) is 8.45. The summed E-state index contributed by atoms with van der Waals surface area (Å²) in [7, 11) is 1.75. The van der Waals surface area contributed by atoms with Crippen LogP contribution in [-0.4, -0.2) is 101 Å². The summed E-state index contributed by atoms with van der Waals surface area (Å²) in [5.74, 6) is -0.0971. The average Bonchev–Trinajstić information content (AvgIpc) is 3.47. The molecule has 9 heteroatoms. The predicted octanol–water partition coefficient (Wildman–Crippen LogP) is 5.53. The van der Waals surface area contributed by atoms with Crippen LogP contribution in [0.2, 0.25) is 0 Å². The molecule has 2 fully saturated rings. The lowest BCUT2D eigenvalue weighted by molar-refractivity contribution is 0.00429. The van der Waals surface area contributed by atoms with Gasteiger partial charge in [0.1, 0.15) is 5.60 Å². The molecule has 1 aromatic heterocycles. The molecule has 44 heavy (non-hydrogen) atoms. The SMILES string of the molecule is COCCCN1CCCC(n2cnc(C(=O)N3CCN(C(=O)OC(C)(C)C)C[C@H]3Cc3ccccc3)c2-c2ccccc2)C1. The van der Waals surface area contributed by atoms with Crippen LogP contribution >= 0.6 is 0 Å². The number of hydrogen-bond acceptors (Lipinski definition) is 6. The first-order valence-corrected chi connectivity index (χ1v) is 15.9. The van der Waals surface area contributed by atoms with E-state index in [4.69, 9.17) is 14.5 Å². The molecular formula is C35H47N5O4. The van der Waals surface area contributed by atoms with Crippen molar-refractivity contribution in [1.29, 1.82) is 0 Å². The summed E-state index contributed by atoms with van der Waals surface area (Å²) in [5, 5.41) is 0. The molecule has 9 nitrogen and oxygen atoms in total. The van der Waals surface area contributed by atoms with Crippen LogP contribution in [0.5, 0.6) is 0 Å². The molecule has 2 saturated heterocycles. The summed E-state index contributed by atoms with van der Waals surface area (Å²) in [6.07, 6.45) is 5.29. The van der Waals surface area contributed by atoms with Crippen LogP contribution in [0.4, 0.5) is 4.79 Å². The van der Waals surface area contributed by atoms with E-state index in [1.807, 2.05) is 68.4 Å². The van der Waals surface area contributed by atoms with Gasteiger partial charge in [0.25, 0.3) is 5.91 Å². The molecule has 2 atom stereocenters. The lowest BCUT2D eigenvalue weighted by Crippen LogP contribution is -2.58. The second-order valence-electron chi connectivity index (χ2n) is 12.9. The minimum Gasteiger partial charge on any atom is -0.444 e. The van der Waals surface area contributed by atoms with E-state index in [1.54, 1.807) is 12.0 Å². The number of imidazole rings is 1. The third kappa shape index (κ3) is 7.87. The Kier molecular flexibility index (Phi) is 10.4. The zero-order valence-corrected chi connectivity index (χ0v) is 26.7. The second-order valence-corrected chi connectivity index (χ2v) is 12.9. The van der Waals surface area contributed by atoms with Crippen LogP contribution in [0.1, 0.15) is 62.1 Å². The van der Waals surface area contributed by atoms with Gasteiger partial charge in [-0.3, -0.25) is 4.79 Å². The van der Waals surface area contributed by atoms with Gasteiger partial charge in [-0.25, -0.2) is 9.78 Å². The zero-order chi connectivity index (χ0) is 31.1. The van der Waals surface area contributed by atoms with E-state index in [0.717, 1.165) is 62.3 Å². The van der Waals surface area contributed by atoms with Crippen molar-refractivity contribution in [3.8, 4) is 11.3 Å². The van der Waals surface area contributed by atoms with E-state index in [1.165, 1.54) is 0 Å². The van der Waals surface area contributed by atoms with Gasteiger partial charge in [-0.1, -0.05) is 60.7 Å². The van der Waals surface area contributed by atoms with Gasteiger partial charge in [-0.05, 0) is 58.6 Å². The third-order valence-electron chi connectivity index (χ3n) is 8.45. The Hall–Kier alpha value is -3.69. The van der Waals surface area contributed by atoms with E-state index in [-0.39, 0.29) is 24.1 Å². The number of aromatic nitrogens is 2. The first-order chi connectivity index (χ1) is 21.2. The van der Waals surface area contributed by atoms with Crippen molar-refractivity contribution >= 4 is 12.0 Å². The fourth-order valence-electron chi connectivity index (χ4n) is 6.38. The summed E-state index contributed by atoms with van der Waals surface area (Å²) in [4.78, 5) is 38.6. The van der Waals surface area contributed by atoms with Crippen molar-refractivity contribution in [3.05, 3.63) is 78.2 Å². The Morgan fingerprint density at radius 1 is 0.955 bits per heavy atom.